The lowest BCUT2D eigenvalue weighted by Gasteiger charge is -2.35. The van der Waals surface area contributed by atoms with Crippen molar-refractivity contribution in [1.29, 1.82) is 0 Å². The van der Waals surface area contributed by atoms with Gasteiger partial charge in [-0.1, -0.05) is 6.92 Å². The van der Waals surface area contributed by atoms with E-state index in [2.05, 4.69) is 32.0 Å². The van der Waals surface area contributed by atoms with Gasteiger partial charge in [-0.2, -0.15) is 15.1 Å². The van der Waals surface area contributed by atoms with Crippen LogP contribution in [0.4, 0.5) is 11.8 Å². The van der Waals surface area contributed by atoms with E-state index >= 15 is 0 Å². The highest BCUT2D eigenvalue weighted by Crippen LogP contribution is 2.25. The van der Waals surface area contributed by atoms with Crippen molar-refractivity contribution in [2.75, 3.05) is 82.3 Å². The van der Waals surface area contributed by atoms with Crippen LogP contribution in [0.25, 0.3) is 11.0 Å². The highest BCUT2D eigenvalue weighted by Gasteiger charge is 2.21. The van der Waals surface area contributed by atoms with Gasteiger partial charge >= 0.3 is 0 Å². The second-order valence-electron chi connectivity index (χ2n) is 7.18. The van der Waals surface area contributed by atoms with Crippen molar-refractivity contribution in [2.45, 2.75) is 6.92 Å². The van der Waals surface area contributed by atoms with E-state index in [0.29, 0.717) is 5.95 Å². The van der Waals surface area contributed by atoms with Crippen LogP contribution in [0.5, 0.6) is 0 Å². The molecule has 1 N–H and O–H groups in total. The third-order valence-corrected chi connectivity index (χ3v) is 5.51. The van der Waals surface area contributed by atoms with Crippen LogP contribution in [0.1, 0.15) is 6.92 Å². The van der Waals surface area contributed by atoms with Crippen molar-refractivity contribution in [2.24, 2.45) is 7.05 Å². The van der Waals surface area contributed by atoms with Crippen molar-refractivity contribution in [3.05, 3.63) is 6.20 Å². The van der Waals surface area contributed by atoms with Gasteiger partial charge in [0.25, 0.3) is 0 Å². The van der Waals surface area contributed by atoms with Gasteiger partial charge in [0, 0.05) is 59.4 Å². The molecule has 0 aliphatic carbocycles. The van der Waals surface area contributed by atoms with Crippen molar-refractivity contribution >= 4 is 22.8 Å². The van der Waals surface area contributed by atoms with E-state index in [0.717, 1.165) is 89.0 Å². The van der Waals surface area contributed by atoms with Gasteiger partial charge < -0.3 is 19.9 Å². The Kier molecular flexibility index (Phi) is 5.70. The molecular formula is C18H30N8O. The van der Waals surface area contributed by atoms with E-state index in [9.17, 15) is 0 Å². The minimum absolute atomic E-state index is 0.687. The number of ether oxygens (including phenoxy) is 1. The number of nitrogens with one attached hydrogen (secondary N) is 1. The monoisotopic (exact) mass is 374 g/mol. The quantitative estimate of drug-likeness (QED) is 0.771. The van der Waals surface area contributed by atoms with Gasteiger partial charge in [-0.25, -0.2) is 0 Å². The molecule has 2 aliphatic heterocycles. The predicted molar refractivity (Wildman–Crippen MR) is 106 cm³/mol. The van der Waals surface area contributed by atoms with Crippen LogP contribution < -0.4 is 10.2 Å². The van der Waals surface area contributed by atoms with Gasteiger partial charge in [-0.05, 0) is 6.54 Å². The topological polar surface area (TPSA) is 74.6 Å². The fourth-order valence-electron chi connectivity index (χ4n) is 3.75. The largest absolute Gasteiger partial charge is 0.379 e. The van der Waals surface area contributed by atoms with E-state index in [-0.39, 0.29) is 0 Å². The number of hydrogen-bond acceptors (Lipinski definition) is 8. The second kappa shape index (κ2) is 8.37. The fourth-order valence-corrected chi connectivity index (χ4v) is 3.75. The Morgan fingerprint density at radius 1 is 1.04 bits per heavy atom. The first-order chi connectivity index (χ1) is 13.2. The molecule has 148 valence electrons. The van der Waals surface area contributed by atoms with Crippen molar-refractivity contribution in [1.82, 2.24) is 29.5 Å². The summed E-state index contributed by atoms with van der Waals surface area (Å²) in [7, 11) is 1.94. The number of nitrogens with zero attached hydrogens (tertiary/aromatic N) is 7. The normalized spacial score (nSPS) is 19.7. The maximum atomic E-state index is 5.41. The van der Waals surface area contributed by atoms with Gasteiger partial charge in [-0.15, -0.1) is 0 Å². The van der Waals surface area contributed by atoms with Gasteiger partial charge in [0.2, 0.25) is 5.95 Å². The number of aromatic nitrogens is 4. The third-order valence-electron chi connectivity index (χ3n) is 5.51. The van der Waals surface area contributed by atoms with Crippen LogP contribution in [-0.2, 0) is 11.8 Å². The lowest BCUT2D eigenvalue weighted by molar-refractivity contribution is 0.0398. The minimum atomic E-state index is 0.687. The molecule has 0 unspecified atom stereocenters. The molecule has 0 spiro atoms. The van der Waals surface area contributed by atoms with E-state index < -0.39 is 0 Å². The summed E-state index contributed by atoms with van der Waals surface area (Å²) < 4.78 is 7.24. The molecule has 2 saturated heterocycles. The highest BCUT2D eigenvalue weighted by atomic mass is 16.5. The first-order valence-electron chi connectivity index (χ1n) is 9.95. The van der Waals surface area contributed by atoms with E-state index in [1.54, 1.807) is 0 Å². The summed E-state index contributed by atoms with van der Waals surface area (Å²) in [6, 6.07) is 0. The molecule has 0 aromatic carbocycles. The Balaban J connectivity index is 1.48. The van der Waals surface area contributed by atoms with Crippen LogP contribution in [0.3, 0.4) is 0 Å². The van der Waals surface area contributed by atoms with Crippen LogP contribution in [0.15, 0.2) is 6.20 Å². The van der Waals surface area contributed by atoms with Crippen LogP contribution in [0.2, 0.25) is 0 Å². The number of aryl methyl sites for hydroxylation is 1. The Bertz CT molecular complexity index is 749. The Hall–Kier alpha value is -1.97. The standard InChI is InChI=1S/C18H30N8O/c1-3-24-6-8-26(9-7-24)17-15-14-20-23(2)16(15)21-18(22-17)19-4-5-25-10-12-27-13-11-25/h14H,3-13H2,1-2H3,(H,19,21,22). The maximum absolute atomic E-state index is 5.41. The molecule has 4 rings (SSSR count). The van der Waals surface area contributed by atoms with Crippen molar-refractivity contribution in [3.63, 3.8) is 0 Å². The molecule has 2 fully saturated rings. The second-order valence-corrected chi connectivity index (χ2v) is 7.18. The molecule has 2 aromatic rings. The maximum Gasteiger partial charge on any atom is 0.226 e. The lowest BCUT2D eigenvalue weighted by Crippen LogP contribution is -2.46. The average molecular weight is 374 g/mol. The lowest BCUT2D eigenvalue weighted by atomic mass is 10.3. The summed E-state index contributed by atoms with van der Waals surface area (Å²) in [5.74, 6) is 1.69. The summed E-state index contributed by atoms with van der Waals surface area (Å²) in [6.45, 7) is 12.9. The first-order valence-corrected chi connectivity index (χ1v) is 9.95. The van der Waals surface area contributed by atoms with Gasteiger partial charge in [-0.3, -0.25) is 9.58 Å². The molecule has 9 heteroatoms. The Morgan fingerprint density at radius 3 is 2.56 bits per heavy atom. The summed E-state index contributed by atoms with van der Waals surface area (Å²) in [6.07, 6.45) is 1.88. The van der Waals surface area contributed by atoms with E-state index in [1.807, 2.05) is 17.9 Å². The predicted octanol–water partition coefficient (Wildman–Crippen LogP) is 0.249. The molecule has 4 heterocycles. The van der Waals surface area contributed by atoms with E-state index in [4.69, 9.17) is 14.7 Å². The number of morpholine rings is 1. The van der Waals surface area contributed by atoms with Crippen molar-refractivity contribution < 1.29 is 4.74 Å². The van der Waals surface area contributed by atoms with Crippen LogP contribution >= 0.6 is 0 Å². The number of anilines is 2. The van der Waals surface area contributed by atoms with E-state index in [1.165, 1.54) is 0 Å². The summed E-state index contributed by atoms with van der Waals surface area (Å²) in [5, 5.41) is 8.85. The molecule has 2 aliphatic rings. The zero-order chi connectivity index (χ0) is 18.6. The van der Waals surface area contributed by atoms with Gasteiger partial charge in [0.15, 0.2) is 5.65 Å². The molecule has 0 saturated carbocycles. The van der Waals surface area contributed by atoms with Gasteiger partial charge in [0.1, 0.15) is 5.82 Å². The molecule has 0 bridgehead atoms. The molecule has 27 heavy (non-hydrogen) atoms. The molecule has 2 aromatic heterocycles. The SMILES string of the molecule is CCN1CCN(c2nc(NCCN3CCOCC3)nc3c2cnn3C)CC1. The molecule has 0 atom stereocenters. The fraction of sp³-hybridized carbons (Fsp3) is 0.722. The molecule has 0 radical (unpaired) electrons. The highest BCUT2D eigenvalue weighted by molar-refractivity contribution is 5.88. The zero-order valence-electron chi connectivity index (χ0n) is 16.4. The summed E-state index contributed by atoms with van der Waals surface area (Å²) >= 11 is 0. The number of fused-ring (bicyclic) bond motifs is 1. The first kappa shape index (κ1) is 18.4. The van der Waals surface area contributed by atoms with Crippen LogP contribution in [-0.4, -0.2) is 102 Å². The molecular weight excluding hydrogens is 344 g/mol. The van der Waals surface area contributed by atoms with Crippen molar-refractivity contribution in [3.8, 4) is 0 Å². The zero-order valence-corrected chi connectivity index (χ0v) is 16.4. The number of likely N-dealkylation sites (N-methyl/N-ethyl adjacent to an activating group) is 1. The van der Waals surface area contributed by atoms with Gasteiger partial charge in [0.05, 0.1) is 24.8 Å². The van der Waals surface area contributed by atoms with Crippen LogP contribution in [0, 0.1) is 0 Å². The Labute approximate surface area is 160 Å². The molecule has 9 nitrogen and oxygen atoms in total. The summed E-state index contributed by atoms with van der Waals surface area (Å²) in [5.41, 5.74) is 0.881. The third kappa shape index (κ3) is 4.15. The molecule has 0 amide bonds. The number of hydrogen-bond donors (Lipinski definition) is 1. The minimum Gasteiger partial charge on any atom is -0.379 e. The average Bonchev–Trinajstić information content (AvgIpc) is 3.09. The summed E-state index contributed by atoms with van der Waals surface area (Å²) in [4.78, 5) is 16.8. The Morgan fingerprint density at radius 2 is 1.81 bits per heavy atom. The number of piperazine rings is 1. The smallest absolute Gasteiger partial charge is 0.226 e. The number of rotatable bonds is 6.